The SMILES string of the molecule is CCC/C=C\C/C=C\CCCCCCCC(=O)OCCCCC/C=C\C=C/CCCCCCCCCCCCC(=O)NC(CO)C(O)CCCCCCCCCCCCCCCCCCCCCCCCC. The Hall–Kier alpha value is -2.18. The van der Waals surface area contributed by atoms with Crippen LogP contribution in [0.1, 0.15) is 335 Å². The zero-order chi connectivity index (χ0) is 52.2. The fourth-order valence-corrected chi connectivity index (χ4v) is 9.73. The molecule has 1 amide bonds. The van der Waals surface area contributed by atoms with Crippen LogP contribution in [-0.2, 0) is 14.3 Å². The molecule has 6 heteroatoms. The molecule has 0 aliphatic carbocycles. The molecule has 2 atom stereocenters. The van der Waals surface area contributed by atoms with Crippen LogP contribution in [0.25, 0.3) is 0 Å². The van der Waals surface area contributed by atoms with Crippen molar-refractivity contribution in [2.75, 3.05) is 13.2 Å². The van der Waals surface area contributed by atoms with Gasteiger partial charge in [-0.2, -0.15) is 0 Å². The van der Waals surface area contributed by atoms with Gasteiger partial charge in [0.05, 0.1) is 25.4 Å². The van der Waals surface area contributed by atoms with E-state index in [9.17, 15) is 19.8 Å². The zero-order valence-electron chi connectivity index (χ0n) is 48.2. The topological polar surface area (TPSA) is 95.9 Å². The number of aliphatic hydroxyl groups excluding tert-OH is 2. The second-order valence-corrected chi connectivity index (χ2v) is 21.8. The number of esters is 1. The first kappa shape index (κ1) is 69.8. The van der Waals surface area contributed by atoms with E-state index in [-0.39, 0.29) is 18.5 Å². The van der Waals surface area contributed by atoms with E-state index in [0.717, 1.165) is 83.5 Å². The van der Waals surface area contributed by atoms with Gasteiger partial charge in [0.1, 0.15) is 0 Å². The van der Waals surface area contributed by atoms with Crippen LogP contribution in [0.15, 0.2) is 48.6 Å². The first-order valence-corrected chi connectivity index (χ1v) is 31.9. The molecule has 0 saturated carbocycles. The van der Waals surface area contributed by atoms with Crippen LogP contribution in [0.5, 0.6) is 0 Å². The van der Waals surface area contributed by atoms with Gasteiger partial charge in [-0.25, -0.2) is 0 Å². The third kappa shape index (κ3) is 57.1. The molecule has 0 spiro atoms. The van der Waals surface area contributed by atoms with Crippen LogP contribution < -0.4 is 5.32 Å². The van der Waals surface area contributed by atoms with Crippen LogP contribution in [0.3, 0.4) is 0 Å². The van der Waals surface area contributed by atoms with Crippen LogP contribution in [0.2, 0.25) is 0 Å². The van der Waals surface area contributed by atoms with Gasteiger partial charge < -0.3 is 20.3 Å². The van der Waals surface area contributed by atoms with E-state index >= 15 is 0 Å². The number of carbonyl (C=O) groups excluding carboxylic acids is 2. The minimum absolute atomic E-state index is 0.0286. The van der Waals surface area contributed by atoms with Crippen LogP contribution in [-0.4, -0.2) is 47.4 Å². The van der Waals surface area contributed by atoms with Gasteiger partial charge in [0.25, 0.3) is 0 Å². The highest BCUT2D eigenvalue weighted by Crippen LogP contribution is 2.18. The highest BCUT2D eigenvalue weighted by molar-refractivity contribution is 5.76. The second kappa shape index (κ2) is 61.4. The molecule has 0 aliphatic heterocycles. The van der Waals surface area contributed by atoms with Gasteiger partial charge in [0.15, 0.2) is 0 Å². The molecule has 0 saturated heterocycles. The molecule has 0 radical (unpaired) electrons. The number of unbranched alkanes of at least 4 members (excludes halogenated alkanes) is 41. The Bertz CT molecular complexity index is 1210. The molecule has 0 rings (SSSR count). The molecule has 0 heterocycles. The normalized spacial score (nSPS) is 12.9. The van der Waals surface area contributed by atoms with Gasteiger partial charge in [-0.1, -0.05) is 287 Å². The van der Waals surface area contributed by atoms with Crippen LogP contribution in [0, 0.1) is 0 Å². The zero-order valence-corrected chi connectivity index (χ0v) is 48.2. The molecule has 3 N–H and O–H groups in total. The monoisotopic (exact) mass is 1010 g/mol. The molecule has 0 aromatic heterocycles. The van der Waals surface area contributed by atoms with Gasteiger partial charge in [-0.3, -0.25) is 9.59 Å². The van der Waals surface area contributed by atoms with Crippen molar-refractivity contribution in [3.63, 3.8) is 0 Å². The summed E-state index contributed by atoms with van der Waals surface area (Å²) in [6, 6.07) is -0.552. The average Bonchev–Trinajstić information content (AvgIpc) is 3.38. The lowest BCUT2D eigenvalue weighted by Crippen LogP contribution is -2.45. The number of ether oxygens (including phenoxy) is 1. The molecular weight excluding hydrogens is 887 g/mol. The number of amides is 1. The lowest BCUT2D eigenvalue weighted by atomic mass is 10.0. The number of allylic oxidation sites excluding steroid dienone is 8. The van der Waals surface area contributed by atoms with Crippen molar-refractivity contribution in [2.24, 2.45) is 0 Å². The molecule has 2 unspecified atom stereocenters. The van der Waals surface area contributed by atoms with Gasteiger partial charge in [0, 0.05) is 12.8 Å². The van der Waals surface area contributed by atoms with E-state index in [1.54, 1.807) is 0 Å². The number of hydrogen-bond acceptors (Lipinski definition) is 5. The van der Waals surface area contributed by atoms with Crippen molar-refractivity contribution in [1.82, 2.24) is 5.32 Å². The van der Waals surface area contributed by atoms with E-state index in [1.165, 1.54) is 218 Å². The number of carbonyl (C=O) groups is 2. The standard InChI is InChI=1S/C66H123NO5/c1-3-5-7-9-11-13-15-17-18-19-20-21-22-23-25-28-31-35-38-42-46-50-54-58-64(69)63(62-68)67-65(70)59-55-51-47-43-39-36-32-29-26-24-27-30-33-37-41-45-49-53-57-61-72-66(71)60-56-52-48-44-40-34-16-14-12-10-8-6-4-2/h8,10,14,16,30,33,37,41,63-64,68-69H,3-7,9,11-13,15,17-29,31-32,34-36,38-40,42-62H2,1-2H3,(H,67,70)/b10-8-,16-14-,33-30-,41-37-. The van der Waals surface area contributed by atoms with Crippen molar-refractivity contribution in [3.05, 3.63) is 48.6 Å². The van der Waals surface area contributed by atoms with Crippen molar-refractivity contribution in [3.8, 4) is 0 Å². The second-order valence-electron chi connectivity index (χ2n) is 21.8. The van der Waals surface area contributed by atoms with E-state index in [2.05, 4.69) is 67.8 Å². The van der Waals surface area contributed by atoms with E-state index in [1.807, 2.05) is 0 Å². The summed E-state index contributed by atoms with van der Waals surface area (Å²) in [7, 11) is 0. The van der Waals surface area contributed by atoms with Gasteiger partial charge in [-0.15, -0.1) is 0 Å². The molecule has 0 aliphatic rings. The number of aliphatic hydroxyl groups is 2. The summed E-state index contributed by atoms with van der Waals surface area (Å²) >= 11 is 0. The fraction of sp³-hybridized carbons (Fsp3) is 0.848. The van der Waals surface area contributed by atoms with Crippen molar-refractivity contribution in [1.29, 1.82) is 0 Å². The molecule has 0 fully saturated rings. The summed E-state index contributed by atoms with van der Waals surface area (Å²) in [5.74, 6) is -0.0712. The Morgan fingerprint density at radius 2 is 0.764 bits per heavy atom. The fourth-order valence-electron chi connectivity index (χ4n) is 9.73. The highest BCUT2D eigenvalue weighted by Gasteiger charge is 2.20. The van der Waals surface area contributed by atoms with Crippen molar-refractivity contribution >= 4 is 11.9 Å². The summed E-state index contributed by atoms with van der Waals surface area (Å²) in [4.78, 5) is 24.5. The van der Waals surface area contributed by atoms with E-state index in [0.29, 0.717) is 25.9 Å². The van der Waals surface area contributed by atoms with E-state index < -0.39 is 12.1 Å². The predicted molar refractivity (Wildman–Crippen MR) is 315 cm³/mol. The Balaban J connectivity index is 3.48. The summed E-state index contributed by atoms with van der Waals surface area (Å²) in [6.45, 7) is 4.86. The van der Waals surface area contributed by atoms with E-state index in [4.69, 9.17) is 4.74 Å². The maximum atomic E-state index is 12.5. The first-order valence-electron chi connectivity index (χ1n) is 31.9. The molecule has 6 nitrogen and oxygen atoms in total. The van der Waals surface area contributed by atoms with Gasteiger partial charge >= 0.3 is 5.97 Å². The third-order valence-electron chi connectivity index (χ3n) is 14.6. The molecular formula is C66H123NO5. The van der Waals surface area contributed by atoms with Gasteiger partial charge in [-0.05, 0) is 83.5 Å². The summed E-state index contributed by atoms with van der Waals surface area (Å²) < 4.78 is 5.44. The highest BCUT2D eigenvalue weighted by atomic mass is 16.5. The molecule has 0 aromatic rings. The van der Waals surface area contributed by atoms with Crippen LogP contribution in [0.4, 0.5) is 0 Å². The third-order valence-corrected chi connectivity index (χ3v) is 14.6. The number of hydrogen-bond donors (Lipinski definition) is 3. The first-order chi connectivity index (χ1) is 35.5. The van der Waals surface area contributed by atoms with Crippen molar-refractivity contribution < 1.29 is 24.5 Å². The smallest absolute Gasteiger partial charge is 0.305 e. The summed E-state index contributed by atoms with van der Waals surface area (Å²) in [5, 5.41) is 23.4. The Morgan fingerprint density at radius 1 is 0.403 bits per heavy atom. The maximum Gasteiger partial charge on any atom is 0.305 e. The molecule has 0 bridgehead atoms. The minimum atomic E-state index is -0.674. The summed E-state index contributed by atoms with van der Waals surface area (Å²) in [6.07, 6.45) is 78.4. The lowest BCUT2D eigenvalue weighted by molar-refractivity contribution is -0.143. The predicted octanol–water partition coefficient (Wildman–Crippen LogP) is 20.1. The molecule has 0 aromatic carbocycles. The summed E-state index contributed by atoms with van der Waals surface area (Å²) in [5.41, 5.74) is 0. The Kier molecular flexibility index (Phi) is 59.5. The maximum absolute atomic E-state index is 12.5. The Labute approximate surface area is 448 Å². The number of rotatable bonds is 59. The number of nitrogens with one attached hydrogen (secondary N) is 1. The average molecular weight is 1010 g/mol. The quantitative estimate of drug-likeness (QED) is 0.0244. The van der Waals surface area contributed by atoms with Crippen LogP contribution >= 0.6 is 0 Å². The lowest BCUT2D eigenvalue weighted by Gasteiger charge is -2.22. The Morgan fingerprint density at radius 3 is 1.19 bits per heavy atom. The molecule has 72 heavy (non-hydrogen) atoms. The largest absolute Gasteiger partial charge is 0.466 e. The molecule has 422 valence electrons. The van der Waals surface area contributed by atoms with Crippen molar-refractivity contribution in [2.45, 2.75) is 347 Å². The van der Waals surface area contributed by atoms with Gasteiger partial charge in [0.2, 0.25) is 5.91 Å². The minimum Gasteiger partial charge on any atom is -0.466 e.